The van der Waals surface area contributed by atoms with Crippen molar-refractivity contribution in [2.45, 2.75) is 347 Å². The third kappa shape index (κ3) is 71.5. The predicted molar refractivity (Wildman–Crippen MR) is 382 cm³/mol. The Morgan fingerprint density at radius 2 is 0.640 bits per heavy atom. The van der Waals surface area contributed by atoms with Crippen LogP contribution in [-0.2, 0) is 33.3 Å². The molecule has 0 aromatic heterocycles. The van der Waals surface area contributed by atoms with Crippen LogP contribution >= 0.6 is 0 Å². The number of ether oxygens (including phenoxy) is 4. The molecule has 0 aliphatic rings. The highest BCUT2D eigenvalue weighted by Gasteiger charge is 2.25. The fourth-order valence-electron chi connectivity index (χ4n) is 10.7. The summed E-state index contributed by atoms with van der Waals surface area (Å²) < 4.78 is 23.0. The average molecular weight is 1250 g/mol. The van der Waals surface area contributed by atoms with E-state index in [9.17, 15) is 19.5 Å². The first-order valence-corrected chi connectivity index (χ1v) is 37.4. The van der Waals surface area contributed by atoms with E-state index >= 15 is 0 Å². The molecule has 1 N–H and O–H groups in total. The topological polar surface area (TPSA) is 108 Å². The summed E-state index contributed by atoms with van der Waals surface area (Å²) in [4.78, 5) is 37.7. The van der Waals surface area contributed by atoms with E-state index in [1.807, 2.05) is 21.1 Å². The number of unbranched alkanes of at least 4 members (excludes halogenated alkanes) is 38. The van der Waals surface area contributed by atoms with Crippen molar-refractivity contribution < 1.29 is 42.9 Å². The number of hydrogen-bond donors (Lipinski definition) is 1. The van der Waals surface area contributed by atoms with Gasteiger partial charge in [-0.3, -0.25) is 9.59 Å². The van der Waals surface area contributed by atoms with Gasteiger partial charge in [-0.05, 0) is 77.0 Å². The van der Waals surface area contributed by atoms with Gasteiger partial charge in [0, 0.05) is 12.8 Å². The zero-order chi connectivity index (χ0) is 64.7. The summed E-state index contributed by atoms with van der Waals surface area (Å²) >= 11 is 0. The van der Waals surface area contributed by atoms with Crippen molar-refractivity contribution >= 4 is 17.9 Å². The largest absolute Gasteiger partial charge is 0.477 e. The molecule has 0 aliphatic heterocycles. The van der Waals surface area contributed by atoms with Crippen molar-refractivity contribution in [3.63, 3.8) is 0 Å². The molecule has 0 fully saturated rings. The molecule has 0 aromatic rings. The van der Waals surface area contributed by atoms with E-state index in [0.29, 0.717) is 23.9 Å². The van der Waals surface area contributed by atoms with E-state index in [-0.39, 0.29) is 32.2 Å². The molecule has 0 rings (SSSR count). The Balaban J connectivity index is 4.09. The van der Waals surface area contributed by atoms with Gasteiger partial charge in [0.25, 0.3) is 6.29 Å². The Bertz CT molecular complexity index is 1790. The Morgan fingerprint density at radius 3 is 0.955 bits per heavy atom. The maximum absolute atomic E-state index is 13.0. The molecule has 9 heteroatoms. The van der Waals surface area contributed by atoms with Crippen molar-refractivity contribution in [2.75, 3.05) is 47.5 Å². The van der Waals surface area contributed by atoms with E-state index < -0.39 is 24.3 Å². The first-order valence-electron chi connectivity index (χ1n) is 37.4. The van der Waals surface area contributed by atoms with Crippen LogP contribution in [0.5, 0.6) is 0 Å². The number of carbonyl (C=O) groups excluding carboxylic acids is 2. The zero-order valence-corrected chi connectivity index (χ0v) is 58.8. The van der Waals surface area contributed by atoms with Crippen molar-refractivity contribution in [1.82, 2.24) is 0 Å². The number of carbonyl (C=O) groups is 3. The summed E-state index contributed by atoms with van der Waals surface area (Å²) in [5.74, 6) is -1.99. The first-order chi connectivity index (χ1) is 43.6. The van der Waals surface area contributed by atoms with Gasteiger partial charge in [0.1, 0.15) is 13.2 Å². The lowest BCUT2D eigenvalue weighted by molar-refractivity contribution is -0.870. The number of carboxylic acid groups (broad SMARTS) is 1. The van der Waals surface area contributed by atoms with Gasteiger partial charge in [-0.1, -0.05) is 342 Å². The summed E-state index contributed by atoms with van der Waals surface area (Å²) in [5.41, 5.74) is 0. The van der Waals surface area contributed by atoms with Crippen LogP contribution in [0.15, 0.2) is 97.2 Å². The number of likely N-dealkylation sites (N-methyl/N-ethyl adjacent to an activating group) is 1. The molecule has 9 nitrogen and oxygen atoms in total. The summed E-state index contributed by atoms with van der Waals surface area (Å²) in [6.07, 6.45) is 93.9. The normalized spacial score (nSPS) is 13.2. The third-order valence-corrected chi connectivity index (χ3v) is 16.4. The molecule has 0 aliphatic carbocycles. The number of carboxylic acids is 1. The van der Waals surface area contributed by atoms with Crippen LogP contribution in [0, 0.1) is 0 Å². The molecule has 0 heterocycles. The Labute approximate surface area is 550 Å². The minimum absolute atomic E-state index is 0.182. The van der Waals surface area contributed by atoms with Gasteiger partial charge in [-0.2, -0.15) is 0 Å². The van der Waals surface area contributed by atoms with E-state index in [2.05, 4.69) is 111 Å². The molecule has 2 unspecified atom stereocenters. The van der Waals surface area contributed by atoms with Crippen LogP contribution in [0.3, 0.4) is 0 Å². The lowest BCUT2D eigenvalue weighted by Crippen LogP contribution is -2.40. The molecule has 89 heavy (non-hydrogen) atoms. The summed E-state index contributed by atoms with van der Waals surface area (Å²) in [5, 5.41) is 9.76. The Hall–Kier alpha value is -3.79. The number of aliphatic carboxylic acids is 1. The second-order valence-electron chi connectivity index (χ2n) is 26.2. The number of rotatable bonds is 69. The van der Waals surface area contributed by atoms with Gasteiger partial charge in [-0.15, -0.1) is 0 Å². The fourth-order valence-corrected chi connectivity index (χ4v) is 10.7. The lowest BCUT2D eigenvalue weighted by Gasteiger charge is -2.25. The Morgan fingerprint density at radius 1 is 0.348 bits per heavy atom. The average Bonchev–Trinajstić information content (AvgIpc) is 3.70. The third-order valence-electron chi connectivity index (χ3n) is 16.4. The second-order valence-corrected chi connectivity index (χ2v) is 26.2. The second kappa shape index (κ2) is 70.1. The van der Waals surface area contributed by atoms with Crippen LogP contribution in [0.25, 0.3) is 0 Å². The number of nitrogens with zero attached hydrogens (tertiary/aromatic N) is 1. The molecule has 0 saturated carbocycles. The van der Waals surface area contributed by atoms with Gasteiger partial charge in [0.15, 0.2) is 6.10 Å². The van der Waals surface area contributed by atoms with Gasteiger partial charge in [0.05, 0.1) is 34.4 Å². The predicted octanol–water partition coefficient (Wildman–Crippen LogP) is 23.6. The number of hydrogen-bond acceptors (Lipinski definition) is 7. The van der Waals surface area contributed by atoms with E-state index in [1.165, 1.54) is 212 Å². The van der Waals surface area contributed by atoms with Crippen LogP contribution in [0.1, 0.15) is 335 Å². The smallest absolute Gasteiger partial charge is 0.361 e. The molecule has 0 radical (unpaired) electrons. The van der Waals surface area contributed by atoms with Gasteiger partial charge in [0.2, 0.25) is 0 Å². The minimum atomic E-state index is -1.51. The minimum Gasteiger partial charge on any atom is -0.477 e. The SMILES string of the molecule is CC/C=C\C/C=C\C/C=C\C/C=C\C/C=C\C/C=C\C/C=C\C/C=C\CCCCCCCCCCCCCCC(=O)OC(COC(=O)CCCCCCCCCCCCCCCCCCCCCCCCCCCCC)COC(OCC[N+](C)(C)C)C(=O)O. The molecule has 0 saturated heterocycles. The van der Waals surface area contributed by atoms with Gasteiger partial charge in [-0.25, -0.2) is 4.79 Å². The number of quaternary nitrogens is 1. The van der Waals surface area contributed by atoms with Crippen molar-refractivity contribution in [3.05, 3.63) is 97.2 Å². The van der Waals surface area contributed by atoms with Crippen molar-refractivity contribution in [2.24, 2.45) is 0 Å². The highest BCUT2D eigenvalue weighted by Crippen LogP contribution is 2.18. The maximum atomic E-state index is 13.0. The summed E-state index contributed by atoms with van der Waals surface area (Å²) in [7, 11) is 5.98. The summed E-state index contributed by atoms with van der Waals surface area (Å²) in [6.45, 7) is 4.81. The van der Waals surface area contributed by atoms with E-state index in [1.54, 1.807) is 0 Å². The van der Waals surface area contributed by atoms with Crippen LogP contribution < -0.4 is 0 Å². The molecule has 0 aromatic carbocycles. The highest BCUT2D eigenvalue weighted by molar-refractivity contribution is 5.71. The van der Waals surface area contributed by atoms with Gasteiger partial charge >= 0.3 is 17.9 Å². The standard InChI is InChI=1S/C80H141NO8/c1-6-8-10-12-14-16-18-20-22-24-26-28-30-32-34-35-36-37-38-39-40-41-42-43-45-47-49-51-53-55-57-59-61-63-65-67-69-71-78(83)89-76(75-88-80(79(84)85)86-73-72-81(3,4)5)74-87-77(82)70-68-66-64-62-60-58-56-54-52-50-48-46-44-33-31-29-27-25-23-21-19-17-15-13-11-9-7-2/h8,10,14,16,20,22,26,28,32,34,36-37,39-40,42-43,76,80H,6-7,9,11-13,15,17-19,21,23-25,27,29-31,33,35,38,41,44-75H2,1-5H3/p+1/b10-8-,16-14-,22-20-,28-26-,34-32-,37-36-,40-39-,43-42-. The monoisotopic (exact) mass is 1250 g/mol. The number of esters is 2. The molecule has 2 atom stereocenters. The number of allylic oxidation sites excluding steroid dienone is 16. The van der Waals surface area contributed by atoms with E-state index in [0.717, 1.165) is 89.9 Å². The van der Waals surface area contributed by atoms with Gasteiger partial charge < -0.3 is 28.5 Å². The zero-order valence-electron chi connectivity index (χ0n) is 58.8. The molecular formula is C80H142NO8+. The molecule has 0 spiro atoms. The molecular weight excluding hydrogens is 1100 g/mol. The Kier molecular flexibility index (Phi) is 67.1. The molecule has 0 bridgehead atoms. The van der Waals surface area contributed by atoms with Crippen LogP contribution in [0.4, 0.5) is 0 Å². The fraction of sp³-hybridized carbons (Fsp3) is 0.762. The van der Waals surface area contributed by atoms with Crippen LogP contribution in [-0.4, -0.2) is 87.4 Å². The summed E-state index contributed by atoms with van der Waals surface area (Å²) in [6, 6.07) is 0. The van der Waals surface area contributed by atoms with Crippen molar-refractivity contribution in [3.8, 4) is 0 Å². The van der Waals surface area contributed by atoms with Crippen LogP contribution in [0.2, 0.25) is 0 Å². The molecule has 0 amide bonds. The lowest BCUT2D eigenvalue weighted by atomic mass is 10.0. The maximum Gasteiger partial charge on any atom is 0.361 e. The molecule has 514 valence electrons. The van der Waals surface area contributed by atoms with E-state index in [4.69, 9.17) is 18.9 Å². The quantitative estimate of drug-likeness (QED) is 0.0211. The first kappa shape index (κ1) is 85.2. The highest BCUT2D eigenvalue weighted by atomic mass is 16.7. The van der Waals surface area contributed by atoms with Crippen molar-refractivity contribution in [1.29, 1.82) is 0 Å².